The number of aromatic nitrogens is 4. The second kappa shape index (κ2) is 9.79. The molecule has 32 heavy (non-hydrogen) atoms. The van der Waals surface area contributed by atoms with E-state index in [1.165, 1.54) is 0 Å². The van der Waals surface area contributed by atoms with E-state index in [0.717, 1.165) is 6.42 Å². The predicted molar refractivity (Wildman–Crippen MR) is 125 cm³/mol. The van der Waals surface area contributed by atoms with Gasteiger partial charge in [-0.25, -0.2) is 9.97 Å². The summed E-state index contributed by atoms with van der Waals surface area (Å²) in [5, 5.41) is 1.97. The second-order valence-corrected chi connectivity index (χ2v) is 8.28. The van der Waals surface area contributed by atoms with E-state index < -0.39 is 0 Å². The number of ether oxygens (including phenoxy) is 1. The van der Waals surface area contributed by atoms with Crippen molar-refractivity contribution in [1.82, 2.24) is 24.8 Å². The van der Waals surface area contributed by atoms with E-state index in [-0.39, 0.29) is 11.1 Å². The third kappa shape index (κ3) is 5.16. The zero-order chi connectivity index (χ0) is 22.7. The summed E-state index contributed by atoms with van der Waals surface area (Å²) in [5.41, 5.74) is 0.593. The summed E-state index contributed by atoms with van der Waals surface area (Å²) in [6.45, 7) is 1.91. The van der Waals surface area contributed by atoms with Crippen LogP contribution in [0.2, 0.25) is 10.0 Å². The van der Waals surface area contributed by atoms with Gasteiger partial charge in [-0.1, -0.05) is 23.2 Å². The van der Waals surface area contributed by atoms with E-state index in [9.17, 15) is 9.59 Å². The van der Waals surface area contributed by atoms with Gasteiger partial charge in [-0.15, -0.1) is 0 Å². The molecule has 0 saturated carbocycles. The molecule has 2 aromatic carbocycles. The number of nitrogens with zero attached hydrogens (tertiary/aromatic N) is 3. The average molecular weight is 474 g/mol. The van der Waals surface area contributed by atoms with E-state index in [1.807, 2.05) is 4.90 Å². The lowest BCUT2D eigenvalue weighted by Gasteiger charge is -2.21. The van der Waals surface area contributed by atoms with E-state index in [4.69, 9.17) is 27.9 Å². The number of H-pyrrole nitrogens is 2. The molecule has 8 nitrogen and oxygen atoms in total. The maximum atomic E-state index is 12.5. The van der Waals surface area contributed by atoms with Crippen LogP contribution in [0.5, 0.6) is 0 Å². The van der Waals surface area contributed by atoms with Crippen LogP contribution in [0.1, 0.15) is 18.1 Å². The standard InChI is InChI=1S/C22H21Cl2N5O3/c1-32-8-2-7-29(11-19-25-17-9-13(23)3-5-15(17)21(30)27-19)12-20-26-18-10-14(24)4-6-16(18)22(31)28-20/h3-6,9-10H,2,7-8,11-12H2,1H3,(H,25,27,30)(H,26,28,31). The Labute approximate surface area is 193 Å². The number of hydrogen-bond donors (Lipinski definition) is 2. The molecule has 0 atom stereocenters. The number of methoxy groups -OCH3 is 1. The van der Waals surface area contributed by atoms with Crippen molar-refractivity contribution in [2.24, 2.45) is 0 Å². The second-order valence-electron chi connectivity index (χ2n) is 7.41. The normalized spacial score (nSPS) is 11.6. The van der Waals surface area contributed by atoms with Crippen molar-refractivity contribution in [2.45, 2.75) is 19.5 Å². The van der Waals surface area contributed by atoms with Crippen molar-refractivity contribution in [3.05, 3.63) is 78.8 Å². The number of halogens is 2. The summed E-state index contributed by atoms with van der Waals surface area (Å²) in [7, 11) is 1.64. The number of fused-ring (bicyclic) bond motifs is 2. The SMILES string of the molecule is COCCCN(Cc1nc2cc(Cl)ccc2c(=O)[nH]1)Cc1nc2cc(Cl)ccc2c(=O)[nH]1. The molecular weight excluding hydrogens is 453 g/mol. The number of hydrogen-bond acceptors (Lipinski definition) is 6. The van der Waals surface area contributed by atoms with Crippen LogP contribution in [0.15, 0.2) is 46.0 Å². The van der Waals surface area contributed by atoms with Gasteiger partial charge in [0.05, 0.1) is 34.9 Å². The van der Waals surface area contributed by atoms with Gasteiger partial charge in [0.1, 0.15) is 11.6 Å². The third-order valence-electron chi connectivity index (χ3n) is 5.00. The van der Waals surface area contributed by atoms with Gasteiger partial charge in [0.15, 0.2) is 0 Å². The number of benzene rings is 2. The molecule has 2 heterocycles. The largest absolute Gasteiger partial charge is 0.385 e. The molecule has 0 unspecified atom stereocenters. The maximum absolute atomic E-state index is 12.5. The van der Waals surface area contributed by atoms with Crippen molar-refractivity contribution >= 4 is 45.0 Å². The zero-order valence-corrected chi connectivity index (χ0v) is 18.8. The molecule has 0 aliphatic heterocycles. The molecule has 0 amide bonds. The lowest BCUT2D eigenvalue weighted by molar-refractivity contribution is 0.164. The quantitative estimate of drug-likeness (QED) is 0.379. The number of aromatic amines is 2. The van der Waals surface area contributed by atoms with Crippen molar-refractivity contribution in [2.75, 3.05) is 20.3 Å². The molecule has 0 radical (unpaired) electrons. The van der Waals surface area contributed by atoms with Gasteiger partial charge < -0.3 is 14.7 Å². The molecule has 4 rings (SSSR count). The van der Waals surface area contributed by atoms with Crippen LogP contribution in [0.3, 0.4) is 0 Å². The van der Waals surface area contributed by atoms with Crippen LogP contribution < -0.4 is 11.1 Å². The third-order valence-corrected chi connectivity index (χ3v) is 5.48. The van der Waals surface area contributed by atoms with E-state index in [1.54, 1.807) is 43.5 Å². The van der Waals surface area contributed by atoms with Crippen molar-refractivity contribution in [3.8, 4) is 0 Å². The first-order valence-electron chi connectivity index (χ1n) is 10.0. The van der Waals surface area contributed by atoms with Crippen LogP contribution in [0.25, 0.3) is 21.8 Å². The summed E-state index contributed by atoms with van der Waals surface area (Å²) in [5.74, 6) is 0.988. The molecule has 0 spiro atoms. The molecule has 0 saturated heterocycles. The minimum absolute atomic E-state index is 0.231. The molecule has 0 bridgehead atoms. The Hall–Kier alpha value is -2.78. The van der Waals surface area contributed by atoms with Crippen molar-refractivity contribution < 1.29 is 4.74 Å². The predicted octanol–water partition coefficient (Wildman–Crippen LogP) is 3.51. The molecule has 10 heteroatoms. The summed E-state index contributed by atoms with van der Waals surface area (Å²) in [6, 6.07) is 9.95. The fourth-order valence-electron chi connectivity index (χ4n) is 3.54. The lowest BCUT2D eigenvalue weighted by atomic mass is 10.2. The van der Waals surface area contributed by atoms with Crippen LogP contribution in [-0.2, 0) is 17.8 Å². The average Bonchev–Trinajstić information content (AvgIpc) is 2.73. The van der Waals surface area contributed by atoms with Gasteiger partial charge in [-0.3, -0.25) is 14.5 Å². The molecule has 0 aliphatic rings. The molecule has 2 aromatic heterocycles. The van der Waals surface area contributed by atoms with Crippen LogP contribution in [-0.4, -0.2) is 45.1 Å². The monoisotopic (exact) mass is 473 g/mol. The van der Waals surface area contributed by atoms with Crippen LogP contribution >= 0.6 is 23.2 Å². The molecule has 166 valence electrons. The highest BCUT2D eigenvalue weighted by atomic mass is 35.5. The Morgan fingerprint density at radius 2 is 1.38 bits per heavy atom. The van der Waals surface area contributed by atoms with E-state index in [0.29, 0.717) is 69.7 Å². The fourth-order valence-corrected chi connectivity index (χ4v) is 3.87. The minimum Gasteiger partial charge on any atom is -0.385 e. The Bertz CT molecular complexity index is 1280. The molecule has 4 aromatic rings. The Morgan fingerprint density at radius 3 is 1.84 bits per heavy atom. The smallest absolute Gasteiger partial charge is 0.258 e. The summed E-state index contributed by atoms with van der Waals surface area (Å²) in [6.07, 6.45) is 0.754. The molecule has 0 fully saturated rings. The maximum Gasteiger partial charge on any atom is 0.258 e. The van der Waals surface area contributed by atoms with Crippen molar-refractivity contribution in [1.29, 1.82) is 0 Å². The van der Waals surface area contributed by atoms with E-state index >= 15 is 0 Å². The topological polar surface area (TPSA) is 104 Å². The molecule has 0 aliphatic carbocycles. The highest BCUT2D eigenvalue weighted by Crippen LogP contribution is 2.17. The summed E-state index contributed by atoms with van der Waals surface area (Å²) in [4.78, 5) is 41.8. The highest BCUT2D eigenvalue weighted by molar-refractivity contribution is 6.31. The van der Waals surface area contributed by atoms with Crippen molar-refractivity contribution in [3.63, 3.8) is 0 Å². The van der Waals surface area contributed by atoms with Gasteiger partial charge in [0, 0.05) is 30.3 Å². The highest BCUT2D eigenvalue weighted by Gasteiger charge is 2.13. The Morgan fingerprint density at radius 1 is 0.875 bits per heavy atom. The number of rotatable bonds is 8. The zero-order valence-electron chi connectivity index (χ0n) is 17.3. The number of nitrogens with one attached hydrogen (secondary N) is 2. The van der Waals surface area contributed by atoms with Gasteiger partial charge in [-0.05, 0) is 42.8 Å². The van der Waals surface area contributed by atoms with Gasteiger partial charge in [0.2, 0.25) is 0 Å². The van der Waals surface area contributed by atoms with Crippen LogP contribution in [0.4, 0.5) is 0 Å². The van der Waals surface area contributed by atoms with Gasteiger partial charge in [0.25, 0.3) is 11.1 Å². The fraction of sp³-hybridized carbons (Fsp3) is 0.273. The molecule has 2 N–H and O–H groups in total. The first kappa shape index (κ1) is 22.4. The van der Waals surface area contributed by atoms with Crippen LogP contribution in [0, 0.1) is 0 Å². The Kier molecular flexibility index (Phi) is 6.86. The molecular formula is C22H21Cl2N5O3. The summed E-state index contributed by atoms with van der Waals surface area (Å²) >= 11 is 12.1. The van der Waals surface area contributed by atoms with Gasteiger partial charge >= 0.3 is 0 Å². The lowest BCUT2D eigenvalue weighted by Crippen LogP contribution is -2.29. The first-order chi connectivity index (χ1) is 15.4. The minimum atomic E-state index is -0.231. The Balaban J connectivity index is 1.64. The van der Waals surface area contributed by atoms with E-state index in [2.05, 4.69) is 19.9 Å². The van der Waals surface area contributed by atoms with Gasteiger partial charge in [-0.2, -0.15) is 0 Å². The summed E-state index contributed by atoms with van der Waals surface area (Å²) < 4.78 is 5.17. The first-order valence-corrected chi connectivity index (χ1v) is 10.8.